The van der Waals surface area contributed by atoms with Gasteiger partial charge in [0.25, 0.3) is 0 Å². The molecule has 1 aromatic heterocycles. The third-order valence-corrected chi connectivity index (χ3v) is 7.15. The maximum Gasteiger partial charge on any atom is 0.321 e. The van der Waals surface area contributed by atoms with Gasteiger partial charge in [0.2, 0.25) is 10.0 Å². The first-order valence-corrected chi connectivity index (χ1v) is 10.3. The van der Waals surface area contributed by atoms with Gasteiger partial charge in [-0.1, -0.05) is 28.4 Å². The van der Waals surface area contributed by atoms with Crippen LogP contribution in [0.3, 0.4) is 0 Å². The largest absolute Gasteiger partial charge is 0.360 e. The van der Waals surface area contributed by atoms with Crippen molar-refractivity contribution in [1.82, 2.24) is 14.4 Å². The van der Waals surface area contributed by atoms with Crippen molar-refractivity contribution in [2.75, 3.05) is 31.5 Å². The molecule has 1 aromatic carbocycles. The Kier molecular flexibility index (Phi) is 5.66. The van der Waals surface area contributed by atoms with Crippen LogP contribution in [0.5, 0.6) is 0 Å². The first-order valence-electron chi connectivity index (χ1n) is 8.14. The number of rotatable bonds is 3. The molecule has 1 aliphatic rings. The number of halogens is 2. The number of carbonyl (C=O) groups excluding carboxylic acids is 1. The highest BCUT2D eigenvalue weighted by molar-refractivity contribution is 7.89. The molecule has 2 aromatic rings. The van der Waals surface area contributed by atoms with Gasteiger partial charge in [0.15, 0.2) is 5.76 Å². The molecule has 0 saturated carbocycles. The summed E-state index contributed by atoms with van der Waals surface area (Å²) in [7, 11) is -3.71. The Morgan fingerprint density at radius 2 is 1.81 bits per heavy atom. The first-order chi connectivity index (χ1) is 12.7. The number of aryl methyl sites for hydroxylation is 2. The number of nitrogens with one attached hydrogen (secondary N) is 1. The van der Waals surface area contributed by atoms with Gasteiger partial charge in [-0.25, -0.2) is 13.2 Å². The zero-order valence-electron chi connectivity index (χ0n) is 14.7. The minimum Gasteiger partial charge on any atom is -0.360 e. The van der Waals surface area contributed by atoms with E-state index in [0.29, 0.717) is 21.4 Å². The van der Waals surface area contributed by atoms with E-state index in [0.717, 1.165) is 0 Å². The minimum absolute atomic E-state index is 0.0937. The Morgan fingerprint density at radius 1 is 1.15 bits per heavy atom. The van der Waals surface area contributed by atoms with Crippen LogP contribution in [0.15, 0.2) is 27.6 Å². The first kappa shape index (κ1) is 19.9. The summed E-state index contributed by atoms with van der Waals surface area (Å²) < 4.78 is 31.9. The number of hydrogen-bond acceptors (Lipinski definition) is 5. The standard InChI is InChI=1S/C16H18Cl2N4O4S/c1-10-15(11(2)26-20-10)27(24,25)22-7-5-21(6-8-22)16(23)19-12-3-4-13(17)14(18)9-12/h3-4,9H,5-8H2,1-2H3,(H,19,23). The molecule has 1 fully saturated rings. The van der Waals surface area contributed by atoms with E-state index in [1.165, 1.54) is 4.31 Å². The normalized spacial score (nSPS) is 15.8. The van der Waals surface area contributed by atoms with Crippen molar-refractivity contribution < 1.29 is 17.7 Å². The molecule has 2 amide bonds. The van der Waals surface area contributed by atoms with Crippen molar-refractivity contribution in [3.05, 3.63) is 39.7 Å². The molecular weight excluding hydrogens is 415 g/mol. The molecule has 0 radical (unpaired) electrons. The van der Waals surface area contributed by atoms with E-state index >= 15 is 0 Å². The van der Waals surface area contributed by atoms with Crippen molar-refractivity contribution in [3.63, 3.8) is 0 Å². The zero-order valence-corrected chi connectivity index (χ0v) is 17.0. The molecule has 1 aliphatic heterocycles. The lowest BCUT2D eigenvalue weighted by molar-refractivity contribution is 0.184. The van der Waals surface area contributed by atoms with Gasteiger partial charge < -0.3 is 14.7 Å². The van der Waals surface area contributed by atoms with Crippen LogP contribution in [0, 0.1) is 13.8 Å². The molecule has 0 spiro atoms. The molecule has 0 unspecified atom stereocenters. The number of hydrogen-bond donors (Lipinski definition) is 1. The van der Waals surface area contributed by atoms with E-state index < -0.39 is 10.0 Å². The average molecular weight is 433 g/mol. The number of anilines is 1. The summed E-state index contributed by atoms with van der Waals surface area (Å²) in [6, 6.07) is 4.46. The smallest absolute Gasteiger partial charge is 0.321 e. The number of sulfonamides is 1. The fraction of sp³-hybridized carbons (Fsp3) is 0.375. The van der Waals surface area contributed by atoms with Crippen molar-refractivity contribution in [3.8, 4) is 0 Å². The summed E-state index contributed by atoms with van der Waals surface area (Å²) >= 11 is 11.8. The Morgan fingerprint density at radius 3 is 2.37 bits per heavy atom. The summed E-state index contributed by atoms with van der Waals surface area (Å²) in [5.41, 5.74) is 0.840. The second kappa shape index (κ2) is 7.67. The van der Waals surface area contributed by atoms with Crippen LogP contribution in [0.2, 0.25) is 10.0 Å². The van der Waals surface area contributed by atoms with Gasteiger partial charge in [0.05, 0.1) is 10.0 Å². The maximum absolute atomic E-state index is 12.8. The van der Waals surface area contributed by atoms with E-state index in [1.807, 2.05) is 0 Å². The molecule has 146 valence electrons. The van der Waals surface area contributed by atoms with Crippen LogP contribution in [-0.2, 0) is 10.0 Å². The molecule has 0 aliphatic carbocycles. The lowest BCUT2D eigenvalue weighted by Gasteiger charge is -2.33. The Balaban J connectivity index is 1.64. The predicted molar refractivity (Wildman–Crippen MR) is 102 cm³/mol. The average Bonchev–Trinajstić information content (AvgIpc) is 2.97. The fourth-order valence-corrected chi connectivity index (χ4v) is 4.89. The summed E-state index contributed by atoms with van der Waals surface area (Å²) in [6.07, 6.45) is 0. The number of urea groups is 1. The summed E-state index contributed by atoms with van der Waals surface area (Å²) in [4.78, 5) is 14.0. The second-order valence-corrected chi connectivity index (χ2v) is 8.79. The van der Waals surface area contributed by atoms with Crippen molar-refractivity contribution in [2.24, 2.45) is 0 Å². The third kappa shape index (κ3) is 4.06. The number of aromatic nitrogens is 1. The second-order valence-electron chi connectivity index (χ2n) is 6.10. The van der Waals surface area contributed by atoms with Crippen molar-refractivity contribution in [1.29, 1.82) is 0 Å². The van der Waals surface area contributed by atoms with Gasteiger partial charge in [0, 0.05) is 31.9 Å². The molecule has 0 bridgehead atoms. The zero-order chi connectivity index (χ0) is 19.8. The molecular formula is C16H18Cl2N4O4S. The molecule has 2 heterocycles. The lowest BCUT2D eigenvalue weighted by atomic mass is 10.3. The number of carbonyl (C=O) groups is 1. The SMILES string of the molecule is Cc1noc(C)c1S(=O)(=O)N1CCN(C(=O)Nc2ccc(Cl)c(Cl)c2)CC1. The monoisotopic (exact) mass is 432 g/mol. The minimum atomic E-state index is -3.71. The van der Waals surface area contributed by atoms with Gasteiger partial charge in [-0.15, -0.1) is 0 Å². The van der Waals surface area contributed by atoms with Gasteiger partial charge in [-0.2, -0.15) is 4.31 Å². The predicted octanol–water partition coefficient (Wildman–Crippen LogP) is 3.14. The number of benzene rings is 1. The highest BCUT2D eigenvalue weighted by atomic mass is 35.5. The highest BCUT2D eigenvalue weighted by Gasteiger charge is 2.34. The Hall–Kier alpha value is -1.81. The highest BCUT2D eigenvalue weighted by Crippen LogP contribution is 2.26. The number of piperazine rings is 1. The Labute approximate surface area is 167 Å². The van der Waals surface area contributed by atoms with Crippen LogP contribution in [0.1, 0.15) is 11.5 Å². The van der Waals surface area contributed by atoms with E-state index in [2.05, 4.69) is 10.5 Å². The molecule has 1 saturated heterocycles. The summed E-state index contributed by atoms with van der Waals surface area (Å²) in [5.74, 6) is 0.257. The van der Waals surface area contributed by atoms with Gasteiger partial charge in [-0.3, -0.25) is 0 Å². The molecule has 3 rings (SSSR count). The fourth-order valence-electron chi connectivity index (χ4n) is 2.88. The number of nitrogens with zero attached hydrogens (tertiary/aromatic N) is 3. The topological polar surface area (TPSA) is 95.8 Å². The van der Waals surface area contributed by atoms with Crippen LogP contribution in [0.25, 0.3) is 0 Å². The van der Waals surface area contributed by atoms with Crippen LogP contribution >= 0.6 is 23.2 Å². The molecule has 0 atom stereocenters. The van der Waals surface area contributed by atoms with Crippen molar-refractivity contribution >= 4 is 44.9 Å². The summed E-state index contributed by atoms with van der Waals surface area (Å²) in [6.45, 7) is 4.03. The number of amides is 2. The third-order valence-electron chi connectivity index (χ3n) is 4.26. The lowest BCUT2D eigenvalue weighted by Crippen LogP contribution is -2.51. The maximum atomic E-state index is 12.8. The van der Waals surface area contributed by atoms with Crippen LogP contribution in [0.4, 0.5) is 10.5 Å². The Bertz CT molecular complexity index is 949. The van der Waals surface area contributed by atoms with Gasteiger partial charge in [0.1, 0.15) is 10.6 Å². The quantitative estimate of drug-likeness (QED) is 0.803. The molecule has 1 N–H and O–H groups in total. The van der Waals surface area contributed by atoms with Crippen LogP contribution in [-0.4, -0.2) is 55.0 Å². The van der Waals surface area contributed by atoms with Gasteiger partial charge >= 0.3 is 6.03 Å². The summed E-state index contributed by atoms with van der Waals surface area (Å²) in [5, 5.41) is 7.17. The van der Waals surface area contributed by atoms with E-state index in [-0.39, 0.29) is 42.9 Å². The molecule has 27 heavy (non-hydrogen) atoms. The molecule has 8 nitrogen and oxygen atoms in total. The van der Waals surface area contributed by atoms with Crippen molar-refractivity contribution in [2.45, 2.75) is 18.7 Å². The molecule has 11 heteroatoms. The van der Waals surface area contributed by atoms with Crippen LogP contribution < -0.4 is 5.32 Å². The van der Waals surface area contributed by atoms with E-state index in [1.54, 1.807) is 36.9 Å². The van der Waals surface area contributed by atoms with E-state index in [4.69, 9.17) is 27.7 Å². The van der Waals surface area contributed by atoms with E-state index in [9.17, 15) is 13.2 Å². The van der Waals surface area contributed by atoms with Gasteiger partial charge in [-0.05, 0) is 32.0 Å².